The zero-order chi connectivity index (χ0) is 14.5. The molecule has 2 aromatic rings. The van der Waals surface area contributed by atoms with Gasteiger partial charge in [-0.3, -0.25) is 0 Å². The van der Waals surface area contributed by atoms with E-state index in [9.17, 15) is 0 Å². The molecule has 106 valence electrons. The van der Waals surface area contributed by atoms with Gasteiger partial charge in [0.2, 0.25) is 0 Å². The number of hydrogen-bond donors (Lipinski definition) is 2. The summed E-state index contributed by atoms with van der Waals surface area (Å²) in [6.07, 6.45) is 0.809. The number of methoxy groups -OCH3 is 1. The van der Waals surface area contributed by atoms with E-state index in [-0.39, 0.29) is 0 Å². The normalized spacial score (nSPS) is 10.6. The molecule has 0 spiro atoms. The Morgan fingerprint density at radius 2 is 1.80 bits per heavy atom. The Hall–Kier alpha value is -1.42. The first-order valence-electron chi connectivity index (χ1n) is 6.20. The van der Waals surface area contributed by atoms with Crippen LogP contribution in [0.3, 0.4) is 0 Å². The Kier molecular flexibility index (Phi) is 5.12. The standard InChI is InChI=1S/C15H16Cl2N2O/c1-20-7-6-10-4-2-3-5-14(10)19-15-12(16)8-11(18)9-13(15)17/h2-5,8-9,19H,6-7,18H2,1H3. The van der Waals surface area contributed by atoms with E-state index >= 15 is 0 Å². The molecule has 0 radical (unpaired) electrons. The minimum absolute atomic E-state index is 0.497. The van der Waals surface area contributed by atoms with Crippen LogP contribution in [0.15, 0.2) is 36.4 Å². The van der Waals surface area contributed by atoms with Crippen LogP contribution in [0.25, 0.3) is 0 Å². The van der Waals surface area contributed by atoms with Gasteiger partial charge in [0.05, 0.1) is 22.3 Å². The average molecular weight is 311 g/mol. The maximum absolute atomic E-state index is 6.19. The summed E-state index contributed by atoms with van der Waals surface area (Å²) in [6.45, 7) is 0.655. The van der Waals surface area contributed by atoms with E-state index in [0.717, 1.165) is 17.7 Å². The smallest absolute Gasteiger partial charge is 0.0764 e. The molecule has 0 aliphatic carbocycles. The van der Waals surface area contributed by atoms with Crippen molar-refractivity contribution >= 4 is 40.3 Å². The third kappa shape index (κ3) is 3.57. The summed E-state index contributed by atoms with van der Waals surface area (Å²) < 4.78 is 5.12. The molecule has 0 saturated carbocycles. The summed E-state index contributed by atoms with van der Waals surface area (Å²) >= 11 is 12.4. The maximum Gasteiger partial charge on any atom is 0.0764 e. The van der Waals surface area contributed by atoms with E-state index in [1.165, 1.54) is 0 Å². The van der Waals surface area contributed by atoms with Crippen LogP contribution in [-0.4, -0.2) is 13.7 Å². The van der Waals surface area contributed by atoms with Crippen LogP contribution in [0.1, 0.15) is 5.56 Å². The van der Waals surface area contributed by atoms with E-state index in [0.29, 0.717) is 28.0 Å². The molecule has 2 aromatic carbocycles. The van der Waals surface area contributed by atoms with Crippen LogP contribution in [-0.2, 0) is 11.2 Å². The van der Waals surface area contributed by atoms with Crippen LogP contribution in [0.4, 0.5) is 17.1 Å². The van der Waals surface area contributed by atoms with Crippen molar-refractivity contribution < 1.29 is 4.74 Å². The van der Waals surface area contributed by atoms with Crippen molar-refractivity contribution in [3.05, 3.63) is 52.0 Å². The third-order valence-electron chi connectivity index (χ3n) is 2.92. The van der Waals surface area contributed by atoms with E-state index in [1.54, 1.807) is 19.2 Å². The van der Waals surface area contributed by atoms with Crippen LogP contribution in [0, 0.1) is 0 Å². The zero-order valence-corrected chi connectivity index (χ0v) is 12.6. The van der Waals surface area contributed by atoms with E-state index in [4.69, 9.17) is 33.7 Å². The second-order valence-electron chi connectivity index (χ2n) is 4.38. The summed E-state index contributed by atoms with van der Waals surface area (Å²) in [5.41, 5.74) is 9.00. The molecule has 0 unspecified atom stereocenters. The van der Waals surface area contributed by atoms with Crippen molar-refractivity contribution in [1.82, 2.24) is 0 Å². The molecule has 0 atom stereocenters. The number of para-hydroxylation sites is 1. The minimum atomic E-state index is 0.497. The predicted octanol–water partition coefficient (Wildman–Crippen LogP) is 4.51. The second kappa shape index (κ2) is 6.84. The fourth-order valence-electron chi connectivity index (χ4n) is 1.92. The fourth-order valence-corrected chi connectivity index (χ4v) is 2.52. The molecule has 0 heterocycles. The molecule has 2 rings (SSSR count). The topological polar surface area (TPSA) is 47.3 Å². The first-order chi connectivity index (χ1) is 9.61. The molecule has 0 saturated heterocycles. The molecule has 0 fully saturated rings. The Morgan fingerprint density at radius 1 is 1.15 bits per heavy atom. The number of nitrogen functional groups attached to an aromatic ring is 1. The zero-order valence-electron chi connectivity index (χ0n) is 11.1. The molecule has 5 heteroatoms. The molecule has 3 nitrogen and oxygen atoms in total. The highest BCUT2D eigenvalue weighted by Crippen LogP contribution is 2.35. The minimum Gasteiger partial charge on any atom is -0.399 e. The monoisotopic (exact) mass is 310 g/mol. The van der Waals surface area contributed by atoms with Gasteiger partial charge in [0, 0.05) is 18.5 Å². The Balaban J connectivity index is 2.30. The Labute approximate surface area is 128 Å². The lowest BCUT2D eigenvalue weighted by molar-refractivity contribution is 0.202. The van der Waals surface area contributed by atoms with Crippen molar-refractivity contribution in [2.24, 2.45) is 0 Å². The summed E-state index contributed by atoms with van der Waals surface area (Å²) in [5.74, 6) is 0. The van der Waals surface area contributed by atoms with Crippen molar-refractivity contribution in [1.29, 1.82) is 0 Å². The van der Waals surface area contributed by atoms with Gasteiger partial charge in [-0.25, -0.2) is 0 Å². The second-order valence-corrected chi connectivity index (χ2v) is 5.20. The number of benzene rings is 2. The first-order valence-corrected chi connectivity index (χ1v) is 6.96. The number of anilines is 3. The van der Waals surface area contributed by atoms with Crippen molar-refractivity contribution in [2.45, 2.75) is 6.42 Å². The van der Waals surface area contributed by atoms with Crippen molar-refractivity contribution in [3.8, 4) is 0 Å². The van der Waals surface area contributed by atoms with Crippen LogP contribution in [0.5, 0.6) is 0 Å². The summed E-state index contributed by atoms with van der Waals surface area (Å²) in [6, 6.07) is 11.3. The van der Waals surface area contributed by atoms with Gasteiger partial charge in [0.25, 0.3) is 0 Å². The molecule has 20 heavy (non-hydrogen) atoms. The lowest BCUT2D eigenvalue weighted by Crippen LogP contribution is -2.01. The van der Waals surface area contributed by atoms with Gasteiger partial charge in [0.1, 0.15) is 0 Å². The van der Waals surface area contributed by atoms with Crippen LogP contribution >= 0.6 is 23.2 Å². The van der Waals surface area contributed by atoms with Crippen LogP contribution in [0.2, 0.25) is 10.0 Å². The van der Waals surface area contributed by atoms with Gasteiger partial charge >= 0.3 is 0 Å². The van der Waals surface area contributed by atoms with Gasteiger partial charge in [-0.15, -0.1) is 0 Å². The number of rotatable bonds is 5. The highest BCUT2D eigenvalue weighted by Gasteiger charge is 2.09. The first kappa shape index (κ1) is 15.0. The van der Waals surface area contributed by atoms with Gasteiger partial charge in [-0.05, 0) is 30.2 Å². The number of nitrogens with two attached hydrogens (primary N) is 1. The average Bonchev–Trinajstić information content (AvgIpc) is 2.41. The van der Waals surface area contributed by atoms with Crippen molar-refractivity contribution in [2.75, 3.05) is 24.8 Å². The molecule has 0 amide bonds. The van der Waals surface area contributed by atoms with Crippen molar-refractivity contribution in [3.63, 3.8) is 0 Å². The maximum atomic E-state index is 6.19. The largest absolute Gasteiger partial charge is 0.399 e. The van der Waals surface area contributed by atoms with Crippen LogP contribution < -0.4 is 11.1 Å². The number of ether oxygens (including phenoxy) is 1. The number of nitrogens with one attached hydrogen (secondary N) is 1. The van der Waals surface area contributed by atoms with E-state index < -0.39 is 0 Å². The predicted molar refractivity (Wildman–Crippen MR) is 86.2 cm³/mol. The van der Waals surface area contributed by atoms with Gasteiger partial charge in [0.15, 0.2) is 0 Å². The van der Waals surface area contributed by atoms with Gasteiger partial charge in [-0.2, -0.15) is 0 Å². The molecule has 0 aromatic heterocycles. The Bertz CT molecular complexity index is 579. The molecule has 0 bridgehead atoms. The molecular formula is C15H16Cl2N2O. The summed E-state index contributed by atoms with van der Waals surface area (Å²) in [7, 11) is 1.68. The van der Waals surface area contributed by atoms with Gasteiger partial charge < -0.3 is 15.8 Å². The highest BCUT2D eigenvalue weighted by atomic mass is 35.5. The summed E-state index contributed by atoms with van der Waals surface area (Å²) in [5, 5.41) is 4.26. The lowest BCUT2D eigenvalue weighted by Gasteiger charge is -2.14. The SMILES string of the molecule is COCCc1ccccc1Nc1c(Cl)cc(N)cc1Cl. The van der Waals surface area contributed by atoms with E-state index in [1.807, 2.05) is 24.3 Å². The number of halogens is 2. The lowest BCUT2D eigenvalue weighted by atomic mass is 10.1. The Morgan fingerprint density at radius 3 is 2.45 bits per heavy atom. The molecule has 0 aliphatic rings. The quantitative estimate of drug-likeness (QED) is 0.799. The molecular weight excluding hydrogens is 295 g/mol. The van der Waals surface area contributed by atoms with Gasteiger partial charge in [-0.1, -0.05) is 41.4 Å². The third-order valence-corrected chi connectivity index (χ3v) is 3.51. The fraction of sp³-hybridized carbons (Fsp3) is 0.200. The number of hydrogen-bond acceptors (Lipinski definition) is 3. The summed E-state index contributed by atoms with van der Waals surface area (Å²) in [4.78, 5) is 0. The highest BCUT2D eigenvalue weighted by molar-refractivity contribution is 6.39. The molecule has 3 N–H and O–H groups in total. The van der Waals surface area contributed by atoms with E-state index in [2.05, 4.69) is 5.32 Å². The molecule has 0 aliphatic heterocycles.